The van der Waals surface area contributed by atoms with E-state index < -0.39 is 0 Å². The minimum absolute atomic E-state index is 0.893. The smallest absolute Gasteiger partial charge is 0.131 e. The molecule has 0 unspecified atom stereocenters. The topological polar surface area (TPSA) is 21.3 Å². The van der Waals surface area contributed by atoms with Crippen molar-refractivity contribution < 1.29 is 4.74 Å². The number of ether oxygens (including phenoxy) is 1. The molecule has 2 nitrogen and oxygen atoms in total. The molecule has 0 saturated carbocycles. The molecule has 3 heteroatoms. The largest absolute Gasteiger partial charge is 0.457 e. The van der Waals surface area contributed by atoms with Crippen LogP contribution in [-0.4, -0.2) is 6.54 Å². The zero-order chi connectivity index (χ0) is 15.2. The van der Waals surface area contributed by atoms with E-state index in [9.17, 15) is 0 Å². The highest BCUT2D eigenvalue weighted by Gasteiger charge is 2.06. The lowest BCUT2D eigenvalue weighted by Gasteiger charge is -2.13. The second kappa shape index (κ2) is 7.62. The van der Waals surface area contributed by atoms with Crippen LogP contribution in [0.3, 0.4) is 0 Å². The van der Waals surface area contributed by atoms with Gasteiger partial charge in [0, 0.05) is 11.0 Å². The standard InChI is InChI=1S/C18H22BrNO/c1-4-9-20-12-15-6-8-17(14(3)10-15)21-18-11-16(19)7-5-13(18)2/h5-8,10-11,20H,4,9,12H2,1-3H3. The van der Waals surface area contributed by atoms with Gasteiger partial charge in [0.05, 0.1) is 0 Å². The molecule has 2 aromatic rings. The summed E-state index contributed by atoms with van der Waals surface area (Å²) in [6.07, 6.45) is 1.16. The number of halogens is 1. The maximum absolute atomic E-state index is 6.05. The second-order valence-electron chi connectivity index (χ2n) is 5.29. The number of benzene rings is 2. The molecule has 0 aromatic heterocycles. The van der Waals surface area contributed by atoms with E-state index in [1.165, 1.54) is 5.56 Å². The van der Waals surface area contributed by atoms with Gasteiger partial charge in [0.1, 0.15) is 11.5 Å². The first-order valence-electron chi connectivity index (χ1n) is 7.34. The molecule has 0 aliphatic carbocycles. The average Bonchev–Trinajstić information content (AvgIpc) is 2.46. The first-order chi connectivity index (χ1) is 10.1. The van der Waals surface area contributed by atoms with Crippen LogP contribution in [0.4, 0.5) is 0 Å². The second-order valence-corrected chi connectivity index (χ2v) is 6.20. The SMILES string of the molecule is CCCNCc1ccc(Oc2cc(Br)ccc2C)c(C)c1. The molecule has 0 aliphatic heterocycles. The number of hydrogen-bond acceptors (Lipinski definition) is 2. The van der Waals surface area contributed by atoms with Crippen molar-refractivity contribution in [2.24, 2.45) is 0 Å². The predicted molar refractivity (Wildman–Crippen MR) is 92.1 cm³/mol. The molecule has 21 heavy (non-hydrogen) atoms. The van der Waals surface area contributed by atoms with E-state index in [0.717, 1.165) is 46.6 Å². The molecule has 0 amide bonds. The maximum Gasteiger partial charge on any atom is 0.131 e. The Kier molecular flexibility index (Phi) is 5.83. The van der Waals surface area contributed by atoms with Crippen molar-refractivity contribution in [3.8, 4) is 11.5 Å². The van der Waals surface area contributed by atoms with Crippen molar-refractivity contribution in [1.29, 1.82) is 0 Å². The number of aryl methyl sites for hydroxylation is 2. The lowest BCUT2D eigenvalue weighted by atomic mass is 10.1. The van der Waals surface area contributed by atoms with Gasteiger partial charge in [-0.1, -0.05) is 41.1 Å². The molecule has 0 spiro atoms. The van der Waals surface area contributed by atoms with Gasteiger partial charge in [0.25, 0.3) is 0 Å². The Bertz CT molecular complexity index is 610. The summed E-state index contributed by atoms with van der Waals surface area (Å²) < 4.78 is 7.08. The van der Waals surface area contributed by atoms with Crippen molar-refractivity contribution in [3.05, 3.63) is 57.6 Å². The Hall–Kier alpha value is -1.32. The van der Waals surface area contributed by atoms with E-state index in [4.69, 9.17) is 4.74 Å². The fourth-order valence-corrected chi connectivity index (χ4v) is 2.49. The van der Waals surface area contributed by atoms with Gasteiger partial charge in [-0.2, -0.15) is 0 Å². The fraction of sp³-hybridized carbons (Fsp3) is 0.333. The first kappa shape index (κ1) is 16.1. The molecule has 0 fully saturated rings. The molecule has 0 atom stereocenters. The highest BCUT2D eigenvalue weighted by atomic mass is 79.9. The van der Waals surface area contributed by atoms with Crippen molar-refractivity contribution in [2.45, 2.75) is 33.7 Å². The lowest BCUT2D eigenvalue weighted by Crippen LogP contribution is -2.13. The first-order valence-corrected chi connectivity index (χ1v) is 8.13. The van der Waals surface area contributed by atoms with Crippen molar-refractivity contribution in [2.75, 3.05) is 6.54 Å². The van der Waals surface area contributed by atoms with Crippen molar-refractivity contribution >= 4 is 15.9 Å². The molecule has 112 valence electrons. The van der Waals surface area contributed by atoms with Gasteiger partial charge in [-0.15, -0.1) is 0 Å². The molecule has 1 N–H and O–H groups in total. The summed E-state index contributed by atoms with van der Waals surface area (Å²) in [5.74, 6) is 1.81. The molecule has 0 heterocycles. The third kappa shape index (κ3) is 4.58. The van der Waals surface area contributed by atoms with Gasteiger partial charge >= 0.3 is 0 Å². The fourth-order valence-electron chi connectivity index (χ4n) is 2.15. The third-order valence-electron chi connectivity index (χ3n) is 3.37. The van der Waals surface area contributed by atoms with E-state index in [0.29, 0.717) is 0 Å². The van der Waals surface area contributed by atoms with Crippen LogP contribution in [0.2, 0.25) is 0 Å². The summed E-state index contributed by atoms with van der Waals surface area (Å²) in [5.41, 5.74) is 3.58. The van der Waals surface area contributed by atoms with E-state index >= 15 is 0 Å². The van der Waals surface area contributed by atoms with Gasteiger partial charge in [0.15, 0.2) is 0 Å². The minimum atomic E-state index is 0.893. The van der Waals surface area contributed by atoms with Gasteiger partial charge in [-0.05, 0) is 61.7 Å². The molecule has 0 bridgehead atoms. The molecule has 2 rings (SSSR count). The Balaban J connectivity index is 2.12. The summed E-state index contributed by atoms with van der Waals surface area (Å²) in [6.45, 7) is 8.28. The van der Waals surface area contributed by atoms with Crippen LogP contribution in [0.5, 0.6) is 11.5 Å². The highest BCUT2D eigenvalue weighted by Crippen LogP contribution is 2.30. The molecule has 0 saturated heterocycles. The van der Waals surface area contributed by atoms with E-state index in [1.54, 1.807) is 0 Å². The summed E-state index contributed by atoms with van der Waals surface area (Å²) in [4.78, 5) is 0. The zero-order valence-electron chi connectivity index (χ0n) is 12.9. The van der Waals surface area contributed by atoms with Crippen LogP contribution >= 0.6 is 15.9 Å². The van der Waals surface area contributed by atoms with Crippen LogP contribution < -0.4 is 10.1 Å². The number of nitrogens with one attached hydrogen (secondary N) is 1. The monoisotopic (exact) mass is 347 g/mol. The number of rotatable bonds is 6. The zero-order valence-corrected chi connectivity index (χ0v) is 14.5. The molecule has 2 aromatic carbocycles. The molecular formula is C18H22BrNO. The molecular weight excluding hydrogens is 326 g/mol. The quantitative estimate of drug-likeness (QED) is 0.710. The van der Waals surface area contributed by atoms with Gasteiger partial charge in [-0.25, -0.2) is 0 Å². The summed E-state index contributed by atoms with van der Waals surface area (Å²) in [5, 5.41) is 3.42. The van der Waals surface area contributed by atoms with E-state index in [-0.39, 0.29) is 0 Å². The molecule has 0 aliphatic rings. The van der Waals surface area contributed by atoms with Crippen LogP contribution in [-0.2, 0) is 6.54 Å². The van der Waals surface area contributed by atoms with E-state index in [1.807, 2.05) is 12.1 Å². The Morgan fingerprint density at radius 1 is 1.00 bits per heavy atom. The van der Waals surface area contributed by atoms with Crippen LogP contribution in [0, 0.1) is 13.8 Å². The predicted octanol–water partition coefficient (Wildman–Crippen LogP) is 5.36. The lowest BCUT2D eigenvalue weighted by molar-refractivity contribution is 0.474. The Labute approximate surface area is 135 Å². The van der Waals surface area contributed by atoms with Crippen molar-refractivity contribution in [1.82, 2.24) is 5.32 Å². The highest BCUT2D eigenvalue weighted by molar-refractivity contribution is 9.10. The van der Waals surface area contributed by atoms with Gasteiger partial charge in [0.2, 0.25) is 0 Å². The maximum atomic E-state index is 6.05. The van der Waals surface area contributed by atoms with Crippen LogP contribution in [0.25, 0.3) is 0 Å². The average molecular weight is 348 g/mol. The summed E-state index contributed by atoms with van der Waals surface area (Å²) in [6, 6.07) is 12.4. The van der Waals surface area contributed by atoms with Gasteiger partial charge < -0.3 is 10.1 Å². The summed E-state index contributed by atoms with van der Waals surface area (Å²) in [7, 11) is 0. The third-order valence-corrected chi connectivity index (χ3v) is 3.86. The van der Waals surface area contributed by atoms with Gasteiger partial charge in [-0.3, -0.25) is 0 Å². The van der Waals surface area contributed by atoms with Crippen molar-refractivity contribution in [3.63, 3.8) is 0 Å². The van der Waals surface area contributed by atoms with Crippen LogP contribution in [0.1, 0.15) is 30.0 Å². The molecule has 0 radical (unpaired) electrons. The Morgan fingerprint density at radius 3 is 2.52 bits per heavy atom. The minimum Gasteiger partial charge on any atom is -0.457 e. The summed E-state index contributed by atoms with van der Waals surface area (Å²) >= 11 is 3.49. The van der Waals surface area contributed by atoms with Crippen LogP contribution in [0.15, 0.2) is 40.9 Å². The normalized spacial score (nSPS) is 10.7. The Morgan fingerprint density at radius 2 is 1.81 bits per heavy atom. The number of hydrogen-bond donors (Lipinski definition) is 1. The van der Waals surface area contributed by atoms with E-state index in [2.05, 4.69) is 66.3 Å².